The molecule has 2 aromatic rings. The lowest BCUT2D eigenvalue weighted by atomic mass is 10.0. The number of piperidine rings is 1. The second kappa shape index (κ2) is 17.3. The first kappa shape index (κ1) is 30.1. The van der Waals surface area contributed by atoms with Crippen LogP contribution >= 0.6 is 0 Å². The van der Waals surface area contributed by atoms with E-state index in [1.165, 1.54) is 19.3 Å². The summed E-state index contributed by atoms with van der Waals surface area (Å²) in [6.45, 7) is 6.99. The Morgan fingerprint density at radius 2 is 1.59 bits per heavy atom. The highest BCUT2D eigenvalue weighted by Gasteiger charge is 2.32. The van der Waals surface area contributed by atoms with E-state index in [2.05, 4.69) is 24.0 Å². The maximum atomic E-state index is 9.10. The Morgan fingerprint density at radius 3 is 2.24 bits per heavy atom. The molecule has 1 aliphatic heterocycles. The minimum Gasteiger partial charge on any atom is -0.485 e. The molecule has 0 bridgehead atoms. The number of benzene rings is 2. The van der Waals surface area contributed by atoms with E-state index in [4.69, 9.17) is 38.7 Å². The summed E-state index contributed by atoms with van der Waals surface area (Å²) < 4.78 is 23.9. The van der Waals surface area contributed by atoms with Gasteiger partial charge in [0, 0.05) is 20.2 Å². The molecular weight excluding hydrogens is 478 g/mol. The SMILES string of the molecule is CCCCCN1CC[C@@H](Oc2ccccc2OCc2ccccc2)[C@H](OCCOC)C1.O=C(O)C(=O)O. The fourth-order valence-electron chi connectivity index (χ4n) is 3.89. The Bertz CT molecular complexity index is 911. The predicted molar refractivity (Wildman–Crippen MR) is 139 cm³/mol. The largest absolute Gasteiger partial charge is 0.485 e. The first-order valence-corrected chi connectivity index (χ1v) is 12.7. The van der Waals surface area contributed by atoms with Crippen LogP contribution in [0.1, 0.15) is 38.2 Å². The average Bonchev–Trinajstić information content (AvgIpc) is 2.90. The standard InChI is InChI=1S/C26H37NO4.C2H2O4/c1-3-4-10-16-27-17-15-25(26(20-27)29-19-18-28-2)31-24-14-9-8-13-23(24)30-21-22-11-6-5-7-12-22;3-1(4)2(5)6/h5-9,11-14,25-26H,3-4,10,15-21H2,1-2H3;(H,3,4)(H,5,6)/t25-,26-;/m1./s1. The maximum Gasteiger partial charge on any atom is 0.414 e. The topological polar surface area (TPSA) is 115 Å². The molecule has 0 aromatic heterocycles. The van der Waals surface area contributed by atoms with Crippen LogP contribution in [0.2, 0.25) is 0 Å². The third kappa shape index (κ3) is 11.6. The number of methoxy groups -OCH3 is 1. The third-order valence-electron chi connectivity index (χ3n) is 5.83. The number of unbranched alkanes of at least 4 members (excludes halogenated alkanes) is 2. The Morgan fingerprint density at radius 1 is 0.919 bits per heavy atom. The normalized spacial score (nSPS) is 17.4. The summed E-state index contributed by atoms with van der Waals surface area (Å²) in [6, 6.07) is 18.1. The number of likely N-dealkylation sites (tertiary alicyclic amines) is 1. The third-order valence-corrected chi connectivity index (χ3v) is 5.83. The van der Waals surface area contributed by atoms with Crippen LogP contribution in [0.5, 0.6) is 11.5 Å². The number of carboxylic acid groups (broad SMARTS) is 2. The Labute approximate surface area is 218 Å². The molecule has 0 radical (unpaired) electrons. The highest BCUT2D eigenvalue weighted by atomic mass is 16.6. The van der Waals surface area contributed by atoms with Crippen molar-refractivity contribution in [1.29, 1.82) is 0 Å². The number of hydrogen-bond donors (Lipinski definition) is 2. The lowest BCUT2D eigenvalue weighted by Gasteiger charge is -2.38. The molecular formula is C28H39NO8. The minimum atomic E-state index is -1.82. The van der Waals surface area contributed by atoms with Crippen LogP contribution in [0.25, 0.3) is 0 Å². The summed E-state index contributed by atoms with van der Waals surface area (Å²) in [5, 5.41) is 14.8. The Hall–Kier alpha value is -3.14. The fourth-order valence-corrected chi connectivity index (χ4v) is 3.89. The molecule has 204 valence electrons. The molecule has 1 aliphatic rings. The van der Waals surface area contributed by atoms with Crippen molar-refractivity contribution in [2.45, 2.75) is 51.4 Å². The van der Waals surface area contributed by atoms with Gasteiger partial charge in [0.05, 0.1) is 13.2 Å². The molecule has 0 unspecified atom stereocenters. The van der Waals surface area contributed by atoms with Crippen LogP contribution in [-0.2, 0) is 25.7 Å². The molecule has 2 N–H and O–H groups in total. The van der Waals surface area contributed by atoms with Gasteiger partial charge in [-0.25, -0.2) is 9.59 Å². The first-order valence-electron chi connectivity index (χ1n) is 12.7. The quantitative estimate of drug-likeness (QED) is 0.299. The molecule has 2 atom stereocenters. The molecule has 9 nitrogen and oxygen atoms in total. The van der Waals surface area contributed by atoms with E-state index in [0.717, 1.165) is 43.1 Å². The van der Waals surface area contributed by atoms with E-state index < -0.39 is 11.9 Å². The highest BCUT2D eigenvalue weighted by molar-refractivity contribution is 6.27. The number of aliphatic carboxylic acids is 2. The number of carboxylic acids is 2. The number of rotatable bonds is 13. The summed E-state index contributed by atoms with van der Waals surface area (Å²) in [5.41, 5.74) is 1.14. The van der Waals surface area contributed by atoms with E-state index in [1.54, 1.807) is 7.11 Å². The molecule has 9 heteroatoms. The van der Waals surface area contributed by atoms with Gasteiger partial charge in [-0.05, 0) is 37.1 Å². The molecule has 0 spiro atoms. The highest BCUT2D eigenvalue weighted by Crippen LogP contribution is 2.31. The molecule has 1 saturated heterocycles. The summed E-state index contributed by atoms with van der Waals surface area (Å²) in [7, 11) is 1.70. The van der Waals surface area contributed by atoms with Gasteiger partial charge < -0.3 is 34.1 Å². The molecule has 3 rings (SSSR count). The first-order chi connectivity index (χ1) is 17.9. The minimum absolute atomic E-state index is 0.000701. The van der Waals surface area contributed by atoms with Crippen LogP contribution < -0.4 is 9.47 Å². The zero-order chi connectivity index (χ0) is 26.9. The Kier molecular flexibility index (Phi) is 14.1. The van der Waals surface area contributed by atoms with Crippen molar-refractivity contribution < 1.29 is 38.7 Å². The molecule has 1 fully saturated rings. The van der Waals surface area contributed by atoms with Gasteiger partial charge in [-0.1, -0.05) is 62.2 Å². The van der Waals surface area contributed by atoms with Gasteiger partial charge in [-0.3, -0.25) is 0 Å². The zero-order valence-electron chi connectivity index (χ0n) is 21.7. The molecule has 37 heavy (non-hydrogen) atoms. The molecule has 0 saturated carbocycles. The van der Waals surface area contributed by atoms with E-state index in [0.29, 0.717) is 19.8 Å². The van der Waals surface area contributed by atoms with E-state index in [1.807, 2.05) is 42.5 Å². The number of hydrogen-bond acceptors (Lipinski definition) is 7. The lowest BCUT2D eigenvalue weighted by Crippen LogP contribution is -2.50. The van der Waals surface area contributed by atoms with Gasteiger partial charge in [-0.15, -0.1) is 0 Å². The number of ether oxygens (including phenoxy) is 4. The average molecular weight is 518 g/mol. The smallest absolute Gasteiger partial charge is 0.414 e. The van der Waals surface area contributed by atoms with Gasteiger partial charge in [0.2, 0.25) is 0 Å². The molecule has 1 heterocycles. The van der Waals surface area contributed by atoms with Crippen LogP contribution in [0.3, 0.4) is 0 Å². The molecule has 0 amide bonds. The summed E-state index contributed by atoms with van der Waals surface area (Å²) in [4.78, 5) is 20.7. The van der Waals surface area contributed by atoms with Gasteiger partial charge in [0.15, 0.2) is 11.5 Å². The van der Waals surface area contributed by atoms with Crippen LogP contribution in [0, 0.1) is 0 Å². The maximum absolute atomic E-state index is 9.10. The van der Waals surface area contributed by atoms with Crippen LogP contribution in [0.4, 0.5) is 0 Å². The summed E-state index contributed by atoms with van der Waals surface area (Å²) in [6.07, 6.45) is 4.72. The second-order valence-electron chi connectivity index (χ2n) is 8.69. The summed E-state index contributed by atoms with van der Waals surface area (Å²) >= 11 is 0. The lowest BCUT2D eigenvalue weighted by molar-refractivity contribution is -0.159. The van der Waals surface area contributed by atoms with Gasteiger partial charge in [0.1, 0.15) is 18.8 Å². The van der Waals surface area contributed by atoms with Crippen molar-refractivity contribution in [3.8, 4) is 11.5 Å². The Balaban J connectivity index is 0.000000717. The second-order valence-corrected chi connectivity index (χ2v) is 8.69. The number of carbonyl (C=O) groups is 2. The van der Waals surface area contributed by atoms with Gasteiger partial charge >= 0.3 is 11.9 Å². The number of para-hydroxylation sites is 2. The predicted octanol–water partition coefficient (Wildman–Crippen LogP) is 4.10. The molecule has 2 aromatic carbocycles. The van der Waals surface area contributed by atoms with E-state index in [-0.39, 0.29) is 12.2 Å². The van der Waals surface area contributed by atoms with Crippen molar-refractivity contribution in [1.82, 2.24) is 4.90 Å². The van der Waals surface area contributed by atoms with Crippen molar-refractivity contribution >= 4 is 11.9 Å². The number of nitrogens with zero attached hydrogens (tertiary/aromatic N) is 1. The van der Waals surface area contributed by atoms with Crippen molar-refractivity contribution in [2.24, 2.45) is 0 Å². The zero-order valence-corrected chi connectivity index (χ0v) is 21.7. The van der Waals surface area contributed by atoms with E-state index in [9.17, 15) is 0 Å². The summed E-state index contributed by atoms with van der Waals surface area (Å²) in [5.74, 6) is -2.10. The van der Waals surface area contributed by atoms with Gasteiger partial charge in [0.25, 0.3) is 0 Å². The van der Waals surface area contributed by atoms with Crippen molar-refractivity contribution in [3.05, 3.63) is 60.2 Å². The van der Waals surface area contributed by atoms with Gasteiger partial charge in [-0.2, -0.15) is 0 Å². The molecule has 0 aliphatic carbocycles. The monoisotopic (exact) mass is 517 g/mol. The van der Waals surface area contributed by atoms with Crippen LogP contribution in [-0.4, -0.2) is 79.2 Å². The van der Waals surface area contributed by atoms with Crippen molar-refractivity contribution in [3.63, 3.8) is 0 Å². The van der Waals surface area contributed by atoms with Crippen LogP contribution in [0.15, 0.2) is 54.6 Å². The van der Waals surface area contributed by atoms with E-state index >= 15 is 0 Å². The van der Waals surface area contributed by atoms with Crippen molar-refractivity contribution in [2.75, 3.05) is 40.0 Å². The fraction of sp³-hybridized carbons (Fsp3) is 0.500.